The molecule has 0 radical (unpaired) electrons. The highest BCUT2D eigenvalue weighted by atomic mass is 35.5. The molecule has 8 bridgehead atoms. The van der Waals surface area contributed by atoms with Crippen molar-refractivity contribution in [1.29, 1.82) is 0 Å². The van der Waals surface area contributed by atoms with Crippen LogP contribution in [0.4, 0.5) is 5.69 Å². The van der Waals surface area contributed by atoms with Crippen LogP contribution in [0.5, 0.6) is 0 Å². The van der Waals surface area contributed by atoms with E-state index in [0.717, 1.165) is 66.7 Å². The van der Waals surface area contributed by atoms with E-state index in [0.29, 0.717) is 5.69 Å². The number of hydrogen-bond donors (Lipinski definition) is 4. The van der Waals surface area contributed by atoms with E-state index in [1.54, 1.807) is 0 Å². The van der Waals surface area contributed by atoms with Crippen LogP contribution in [0, 0.1) is 41.5 Å². The third kappa shape index (κ3) is 5.89. The van der Waals surface area contributed by atoms with Crippen molar-refractivity contribution in [3.63, 3.8) is 0 Å². The number of aryl methyl sites for hydroxylation is 6. The van der Waals surface area contributed by atoms with E-state index < -0.39 is 0 Å². The van der Waals surface area contributed by atoms with Gasteiger partial charge in [0.15, 0.2) is 0 Å². The Hall–Kier alpha value is -5.85. The fraction of sp³-hybridized carbons (Fsp3) is 0.156. The number of alkyl halides is 1. The maximum Gasteiger partial charge on any atom is 0.239 e. The molecular formula is C45H40ClN5O. The first kappa shape index (κ1) is 33.3. The zero-order valence-corrected chi connectivity index (χ0v) is 30.9. The van der Waals surface area contributed by atoms with Gasteiger partial charge >= 0.3 is 0 Å². The Labute approximate surface area is 308 Å². The van der Waals surface area contributed by atoms with Crippen LogP contribution in [0.15, 0.2) is 84.9 Å². The van der Waals surface area contributed by atoms with Crippen molar-refractivity contribution < 1.29 is 4.79 Å². The van der Waals surface area contributed by atoms with Crippen LogP contribution < -0.4 is 5.32 Å². The van der Waals surface area contributed by atoms with Crippen LogP contribution in [0.2, 0.25) is 0 Å². The van der Waals surface area contributed by atoms with E-state index in [1.165, 1.54) is 44.5 Å². The molecule has 4 N–H and O–H groups in total. The van der Waals surface area contributed by atoms with Crippen molar-refractivity contribution in [3.05, 3.63) is 130 Å². The van der Waals surface area contributed by atoms with E-state index in [9.17, 15) is 4.79 Å². The van der Waals surface area contributed by atoms with E-state index in [1.807, 2.05) is 24.3 Å². The van der Waals surface area contributed by atoms with Gasteiger partial charge in [-0.2, -0.15) is 0 Å². The minimum atomic E-state index is -0.245. The molecule has 258 valence electrons. The van der Waals surface area contributed by atoms with Gasteiger partial charge in [-0.3, -0.25) is 4.79 Å². The molecule has 0 saturated carbocycles. The average molecular weight is 702 g/mol. The van der Waals surface area contributed by atoms with Crippen LogP contribution in [0.25, 0.3) is 78.6 Å². The molecule has 0 atom stereocenters. The highest BCUT2D eigenvalue weighted by molar-refractivity contribution is 6.29. The number of nitrogens with one attached hydrogen (secondary N) is 4. The molecule has 0 spiro atoms. The molecule has 0 aliphatic carbocycles. The van der Waals surface area contributed by atoms with Crippen molar-refractivity contribution in [3.8, 4) is 33.4 Å². The molecule has 7 aromatic rings. The summed E-state index contributed by atoms with van der Waals surface area (Å²) in [6, 6.07) is 29.8. The molecule has 1 amide bonds. The predicted octanol–water partition coefficient (Wildman–Crippen LogP) is 11.7. The second kappa shape index (κ2) is 13.0. The molecule has 0 unspecified atom stereocenters. The Kier molecular flexibility index (Phi) is 8.35. The summed E-state index contributed by atoms with van der Waals surface area (Å²) in [6.45, 7) is 13.0. The van der Waals surface area contributed by atoms with Gasteiger partial charge in [0.1, 0.15) is 5.88 Å². The van der Waals surface area contributed by atoms with Crippen LogP contribution >= 0.6 is 11.6 Å². The Bertz CT molecular complexity index is 2680. The molecule has 52 heavy (non-hydrogen) atoms. The summed E-state index contributed by atoms with van der Waals surface area (Å²) >= 11 is 5.78. The lowest BCUT2D eigenvalue weighted by molar-refractivity contribution is -0.113. The zero-order chi connectivity index (χ0) is 36.3. The number of aromatic nitrogens is 4. The second-order valence-corrected chi connectivity index (χ2v) is 14.3. The van der Waals surface area contributed by atoms with Gasteiger partial charge in [0.2, 0.25) is 5.91 Å². The predicted molar refractivity (Wildman–Crippen MR) is 219 cm³/mol. The van der Waals surface area contributed by atoms with Crippen LogP contribution in [-0.4, -0.2) is 31.7 Å². The monoisotopic (exact) mass is 701 g/mol. The number of H-pyrrole nitrogens is 3. The largest absolute Gasteiger partial charge is 0.354 e. The SMILES string of the molecule is Cc1cc(C)c(-c2c3nc(c4ccc([nH]4)c(-c4c(C)cc(C)cc4C)c4ccc([nH]4)c(-c4ccc(NC(=O)CCl)cc4)c4ccc2[nH]4)C=C3)c(C)c1. The van der Waals surface area contributed by atoms with Gasteiger partial charge in [0.25, 0.3) is 0 Å². The first-order chi connectivity index (χ1) is 25.1. The van der Waals surface area contributed by atoms with Gasteiger partial charge in [0.05, 0.1) is 16.9 Å². The number of carbonyl (C=O) groups excluding carboxylic acids is 1. The van der Waals surface area contributed by atoms with Gasteiger partial charge in [-0.1, -0.05) is 47.5 Å². The van der Waals surface area contributed by atoms with Gasteiger partial charge in [-0.25, -0.2) is 4.98 Å². The standard InChI is InChI=1S/C45H40ClN5O/c1-24-19-26(3)41(27(4)20-24)44-36-13-11-32(48-36)33-12-14-37(49-33)45(42-28(5)21-25(2)22-29(42)6)39-18-16-35(51-39)43(34-15-17-38(44)50-34)30-7-9-31(10-8-30)47-40(52)23-46/h7-22,48,50-51H,23H2,1-6H3,(H,47,52). The first-order valence-electron chi connectivity index (χ1n) is 17.5. The number of carbonyl (C=O) groups is 1. The third-order valence-electron chi connectivity index (χ3n) is 10.0. The van der Waals surface area contributed by atoms with Gasteiger partial charge in [-0.05, 0) is 141 Å². The smallest absolute Gasteiger partial charge is 0.239 e. The number of aromatic amines is 3. The van der Waals surface area contributed by atoms with Crippen LogP contribution in [0.1, 0.15) is 44.8 Å². The van der Waals surface area contributed by atoms with E-state index in [-0.39, 0.29) is 11.8 Å². The molecule has 0 fully saturated rings. The number of fused-ring (bicyclic) bond motifs is 9. The summed E-state index contributed by atoms with van der Waals surface area (Å²) in [4.78, 5) is 28.8. The number of anilines is 1. The Balaban J connectivity index is 1.53. The summed E-state index contributed by atoms with van der Waals surface area (Å²) in [5.74, 6) is -0.347. The Morgan fingerprint density at radius 3 is 1.48 bits per heavy atom. The number of benzene rings is 3. The van der Waals surface area contributed by atoms with Crippen molar-refractivity contribution in [2.45, 2.75) is 41.5 Å². The summed E-state index contributed by atoms with van der Waals surface area (Å²) in [7, 11) is 0. The number of halogens is 1. The summed E-state index contributed by atoms with van der Waals surface area (Å²) in [5, 5.41) is 2.86. The Morgan fingerprint density at radius 2 is 0.962 bits per heavy atom. The average Bonchev–Trinajstić information content (AvgIpc) is 3.93. The zero-order valence-electron chi connectivity index (χ0n) is 30.2. The molecule has 5 heterocycles. The molecule has 6 nitrogen and oxygen atoms in total. The van der Waals surface area contributed by atoms with Crippen LogP contribution in [-0.2, 0) is 4.79 Å². The molecular weight excluding hydrogens is 662 g/mol. The number of amides is 1. The lowest BCUT2D eigenvalue weighted by atomic mass is 9.92. The van der Waals surface area contributed by atoms with Crippen LogP contribution in [0.3, 0.4) is 0 Å². The minimum absolute atomic E-state index is 0.102. The fourth-order valence-corrected chi connectivity index (χ4v) is 8.12. The first-order valence-corrected chi connectivity index (χ1v) is 18.1. The van der Waals surface area contributed by atoms with Gasteiger partial charge < -0.3 is 20.3 Å². The summed E-state index contributed by atoms with van der Waals surface area (Å²) < 4.78 is 0. The Morgan fingerprint density at radius 1 is 0.538 bits per heavy atom. The lowest BCUT2D eigenvalue weighted by Gasteiger charge is -2.13. The number of nitrogens with zero attached hydrogens (tertiary/aromatic N) is 1. The maximum atomic E-state index is 12.1. The summed E-state index contributed by atoms with van der Waals surface area (Å²) in [5.41, 5.74) is 22.1. The maximum absolute atomic E-state index is 12.1. The van der Waals surface area contributed by atoms with E-state index in [2.05, 4.69) is 135 Å². The van der Waals surface area contributed by atoms with E-state index >= 15 is 0 Å². The quantitative estimate of drug-likeness (QED) is 0.135. The molecule has 1 aliphatic rings. The molecule has 3 aromatic carbocycles. The molecule has 8 rings (SSSR count). The normalized spacial score (nSPS) is 11.8. The van der Waals surface area contributed by atoms with Crippen molar-refractivity contribution >= 4 is 68.4 Å². The van der Waals surface area contributed by atoms with Gasteiger partial charge in [0, 0.05) is 50.0 Å². The topological polar surface area (TPSA) is 89.4 Å². The van der Waals surface area contributed by atoms with Crippen molar-refractivity contribution in [1.82, 2.24) is 19.9 Å². The summed E-state index contributed by atoms with van der Waals surface area (Å²) in [6.07, 6.45) is 4.24. The fourth-order valence-electron chi connectivity index (χ4n) is 8.05. The second-order valence-electron chi connectivity index (χ2n) is 14.0. The minimum Gasteiger partial charge on any atom is -0.354 e. The van der Waals surface area contributed by atoms with Crippen molar-refractivity contribution in [2.24, 2.45) is 0 Å². The highest BCUT2D eigenvalue weighted by Gasteiger charge is 2.19. The molecule has 1 aliphatic heterocycles. The molecule has 0 saturated heterocycles. The molecule has 7 heteroatoms. The third-order valence-corrected chi connectivity index (χ3v) is 10.3. The number of rotatable bonds is 5. The van der Waals surface area contributed by atoms with Gasteiger partial charge in [-0.15, -0.1) is 11.6 Å². The highest BCUT2D eigenvalue weighted by Crippen LogP contribution is 2.39. The molecule has 4 aromatic heterocycles. The van der Waals surface area contributed by atoms with E-state index in [4.69, 9.17) is 16.6 Å². The number of hydrogen-bond acceptors (Lipinski definition) is 2. The van der Waals surface area contributed by atoms with Crippen molar-refractivity contribution in [2.75, 3.05) is 11.2 Å². The lowest BCUT2D eigenvalue weighted by Crippen LogP contribution is -2.12.